The molecule has 1 saturated heterocycles. The Balaban J connectivity index is 1.56. The molecule has 0 bridgehead atoms. The maximum absolute atomic E-state index is 12.6. The number of alkyl halides is 3. The molecule has 132 valence electrons. The molecule has 1 aliphatic heterocycles. The van der Waals surface area contributed by atoms with Crippen molar-refractivity contribution >= 4 is 11.6 Å². The number of anilines is 1. The molecule has 6 heteroatoms. The zero-order valence-corrected chi connectivity index (χ0v) is 13.6. The zero-order chi connectivity index (χ0) is 17.9. The molecule has 0 radical (unpaired) electrons. The van der Waals surface area contributed by atoms with Crippen LogP contribution in [0.2, 0.25) is 0 Å². The van der Waals surface area contributed by atoms with Gasteiger partial charge < -0.3 is 10.2 Å². The summed E-state index contributed by atoms with van der Waals surface area (Å²) in [5.41, 5.74) is 0.604. The van der Waals surface area contributed by atoms with Crippen molar-refractivity contribution in [1.29, 1.82) is 0 Å². The molecule has 0 saturated carbocycles. The lowest BCUT2D eigenvalue weighted by atomic mass is 10.0. The van der Waals surface area contributed by atoms with Gasteiger partial charge in [-0.25, -0.2) is 0 Å². The van der Waals surface area contributed by atoms with Crippen LogP contribution in [0.5, 0.6) is 0 Å². The van der Waals surface area contributed by atoms with E-state index in [1.807, 2.05) is 30.3 Å². The van der Waals surface area contributed by atoms with Crippen molar-refractivity contribution in [2.45, 2.75) is 25.1 Å². The molecule has 1 heterocycles. The number of nitrogens with one attached hydrogen (secondary N) is 1. The first kappa shape index (κ1) is 17.3. The summed E-state index contributed by atoms with van der Waals surface area (Å²) in [6, 6.07) is 14.6. The van der Waals surface area contributed by atoms with Gasteiger partial charge in [-0.05, 0) is 49.2 Å². The molecular weight excluding hydrogens is 329 g/mol. The summed E-state index contributed by atoms with van der Waals surface area (Å²) in [6.45, 7) is 1.18. The normalized spacial score (nSPS) is 15.9. The second kappa shape index (κ2) is 7.17. The number of carbonyl (C=O) groups excluding carboxylic acids is 1. The van der Waals surface area contributed by atoms with Gasteiger partial charge in [0.25, 0.3) is 5.91 Å². The van der Waals surface area contributed by atoms with Gasteiger partial charge in [-0.1, -0.05) is 18.2 Å². The average Bonchev–Trinajstić information content (AvgIpc) is 2.62. The highest BCUT2D eigenvalue weighted by molar-refractivity contribution is 5.94. The van der Waals surface area contributed by atoms with E-state index in [4.69, 9.17) is 0 Å². The Labute approximate surface area is 144 Å². The second-order valence-electron chi connectivity index (χ2n) is 6.15. The molecule has 0 atom stereocenters. The van der Waals surface area contributed by atoms with Crippen LogP contribution in [0.4, 0.5) is 18.9 Å². The van der Waals surface area contributed by atoms with E-state index in [1.54, 1.807) is 4.90 Å². The van der Waals surface area contributed by atoms with Crippen molar-refractivity contribution < 1.29 is 18.0 Å². The highest BCUT2D eigenvalue weighted by Crippen LogP contribution is 2.29. The molecule has 2 aromatic carbocycles. The predicted octanol–water partition coefficient (Wildman–Crippen LogP) is 4.42. The number of benzene rings is 2. The van der Waals surface area contributed by atoms with Crippen molar-refractivity contribution in [2.75, 3.05) is 18.4 Å². The number of hydrogen-bond acceptors (Lipinski definition) is 2. The van der Waals surface area contributed by atoms with Crippen LogP contribution in [0.25, 0.3) is 0 Å². The maximum Gasteiger partial charge on any atom is 0.416 e. The van der Waals surface area contributed by atoms with Crippen LogP contribution in [-0.4, -0.2) is 29.9 Å². The Kier molecular flexibility index (Phi) is 4.97. The first-order valence-electron chi connectivity index (χ1n) is 8.21. The van der Waals surface area contributed by atoms with Crippen molar-refractivity contribution in [3.63, 3.8) is 0 Å². The van der Waals surface area contributed by atoms with Crippen LogP contribution in [0, 0.1) is 0 Å². The van der Waals surface area contributed by atoms with Gasteiger partial charge >= 0.3 is 6.18 Å². The summed E-state index contributed by atoms with van der Waals surface area (Å²) in [6.07, 6.45) is -2.77. The smallest absolute Gasteiger partial charge is 0.382 e. The van der Waals surface area contributed by atoms with Gasteiger partial charge in [0, 0.05) is 30.4 Å². The Morgan fingerprint density at radius 3 is 2.12 bits per heavy atom. The largest absolute Gasteiger partial charge is 0.416 e. The molecule has 0 aromatic heterocycles. The molecule has 0 unspecified atom stereocenters. The number of para-hydroxylation sites is 1. The summed E-state index contributed by atoms with van der Waals surface area (Å²) in [4.78, 5) is 14.2. The van der Waals surface area contributed by atoms with Crippen LogP contribution in [-0.2, 0) is 6.18 Å². The van der Waals surface area contributed by atoms with E-state index in [2.05, 4.69) is 5.32 Å². The van der Waals surface area contributed by atoms with Crippen LogP contribution in [0.3, 0.4) is 0 Å². The molecule has 1 N–H and O–H groups in total. The molecule has 1 aliphatic rings. The van der Waals surface area contributed by atoms with Gasteiger partial charge in [-0.3, -0.25) is 4.79 Å². The quantitative estimate of drug-likeness (QED) is 0.890. The number of amides is 1. The highest BCUT2D eigenvalue weighted by Gasteiger charge is 2.30. The van der Waals surface area contributed by atoms with Gasteiger partial charge in [-0.15, -0.1) is 0 Å². The van der Waals surface area contributed by atoms with Gasteiger partial charge in [0.2, 0.25) is 0 Å². The van der Waals surface area contributed by atoms with Crippen LogP contribution < -0.4 is 5.32 Å². The Bertz CT molecular complexity index is 706. The van der Waals surface area contributed by atoms with Crippen LogP contribution >= 0.6 is 0 Å². The zero-order valence-electron chi connectivity index (χ0n) is 13.6. The Hall–Kier alpha value is -2.50. The van der Waals surface area contributed by atoms with Gasteiger partial charge in [0.05, 0.1) is 5.56 Å². The number of halogens is 3. The fraction of sp³-hybridized carbons (Fsp3) is 0.316. The van der Waals surface area contributed by atoms with E-state index in [9.17, 15) is 18.0 Å². The summed E-state index contributed by atoms with van der Waals surface area (Å²) < 4.78 is 37.8. The minimum Gasteiger partial charge on any atom is -0.382 e. The fourth-order valence-corrected chi connectivity index (χ4v) is 2.98. The number of likely N-dealkylation sites (tertiary alicyclic amines) is 1. The van der Waals surface area contributed by atoms with E-state index in [0.717, 1.165) is 30.7 Å². The fourth-order valence-electron chi connectivity index (χ4n) is 2.98. The third-order valence-corrected chi connectivity index (χ3v) is 4.39. The van der Waals surface area contributed by atoms with Crippen molar-refractivity contribution in [3.05, 3.63) is 65.7 Å². The lowest BCUT2D eigenvalue weighted by Gasteiger charge is -2.33. The predicted molar refractivity (Wildman–Crippen MR) is 90.4 cm³/mol. The number of hydrogen-bond donors (Lipinski definition) is 1. The third-order valence-electron chi connectivity index (χ3n) is 4.39. The molecule has 1 fully saturated rings. The van der Waals surface area contributed by atoms with Gasteiger partial charge in [0.15, 0.2) is 0 Å². The van der Waals surface area contributed by atoms with Crippen molar-refractivity contribution in [2.24, 2.45) is 0 Å². The Morgan fingerprint density at radius 1 is 0.960 bits per heavy atom. The lowest BCUT2D eigenvalue weighted by molar-refractivity contribution is -0.137. The third kappa shape index (κ3) is 4.32. The molecular formula is C19H19F3N2O. The molecule has 25 heavy (non-hydrogen) atoms. The average molecular weight is 348 g/mol. The molecule has 0 spiro atoms. The van der Waals surface area contributed by atoms with E-state index < -0.39 is 11.7 Å². The summed E-state index contributed by atoms with van der Waals surface area (Å²) in [5.74, 6) is -0.216. The number of carbonyl (C=O) groups is 1. The maximum atomic E-state index is 12.6. The SMILES string of the molecule is O=C(c1ccc(C(F)(F)F)cc1)N1CCC(Nc2ccccc2)CC1. The summed E-state index contributed by atoms with van der Waals surface area (Å²) in [7, 11) is 0. The lowest BCUT2D eigenvalue weighted by Crippen LogP contribution is -2.42. The molecule has 2 aromatic rings. The van der Waals surface area contributed by atoms with E-state index in [1.165, 1.54) is 12.1 Å². The van der Waals surface area contributed by atoms with E-state index >= 15 is 0 Å². The summed E-state index contributed by atoms with van der Waals surface area (Å²) >= 11 is 0. The molecule has 1 amide bonds. The van der Waals surface area contributed by atoms with Crippen LogP contribution in [0.1, 0.15) is 28.8 Å². The van der Waals surface area contributed by atoms with Gasteiger partial charge in [0.1, 0.15) is 0 Å². The van der Waals surface area contributed by atoms with Crippen molar-refractivity contribution in [3.8, 4) is 0 Å². The van der Waals surface area contributed by atoms with Crippen LogP contribution in [0.15, 0.2) is 54.6 Å². The highest BCUT2D eigenvalue weighted by atomic mass is 19.4. The van der Waals surface area contributed by atoms with E-state index in [-0.39, 0.29) is 5.91 Å². The molecule has 0 aliphatic carbocycles. The minimum absolute atomic E-state index is 0.216. The first-order chi connectivity index (χ1) is 11.9. The van der Waals surface area contributed by atoms with Gasteiger partial charge in [-0.2, -0.15) is 13.2 Å². The number of piperidine rings is 1. The molecule has 3 nitrogen and oxygen atoms in total. The first-order valence-corrected chi connectivity index (χ1v) is 8.21. The minimum atomic E-state index is -4.39. The second-order valence-corrected chi connectivity index (χ2v) is 6.15. The number of rotatable bonds is 3. The molecule has 3 rings (SSSR count). The van der Waals surface area contributed by atoms with E-state index in [0.29, 0.717) is 24.7 Å². The topological polar surface area (TPSA) is 32.3 Å². The standard InChI is InChI=1S/C19H19F3N2O/c20-19(21,22)15-8-6-14(7-9-15)18(25)24-12-10-17(11-13-24)23-16-4-2-1-3-5-16/h1-9,17,23H,10-13H2. The summed E-state index contributed by atoms with van der Waals surface area (Å²) in [5, 5.41) is 3.44. The number of nitrogens with zero attached hydrogens (tertiary/aromatic N) is 1. The van der Waals surface area contributed by atoms with Crippen molar-refractivity contribution in [1.82, 2.24) is 4.90 Å². The Morgan fingerprint density at radius 2 is 1.56 bits per heavy atom. The monoisotopic (exact) mass is 348 g/mol.